The second kappa shape index (κ2) is 3.59. The summed E-state index contributed by atoms with van der Waals surface area (Å²) >= 11 is 0. The Morgan fingerprint density at radius 3 is 2.08 bits per heavy atom. The normalized spacial score (nSPS) is 48.8. The van der Waals surface area contributed by atoms with Crippen LogP contribution in [0.4, 0.5) is 0 Å². The third-order valence-electron chi connectivity index (χ3n) is 4.05. The van der Waals surface area contributed by atoms with Gasteiger partial charge in [0.2, 0.25) is 0 Å². The van der Waals surface area contributed by atoms with Crippen molar-refractivity contribution in [2.75, 3.05) is 0 Å². The number of hydrogen-bond acceptors (Lipinski definition) is 1. The maximum Gasteiger partial charge on any atom is 0.123 e. The molecule has 1 rings (SSSR count). The third-order valence-corrected chi connectivity index (χ3v) is 4.05. The number of rotatable bonds is 1. The fourth-order valence-corrected chi connectivity index (χ4v) is 2.43. The highest BCUT2D eigenvalue weighted by molar-refractivity contribution is 5.54. The summed E-state index contributed by atoms with van der Waals surface area (Å²) in [6.45, 7) is 9.07. The average molecular weight is 168 g/mol. The Balaban J connectivity index is 2.70. The number of carbonyl (C=O) groups excluding carboxylic acids is 1. The fraction of sp³-hybridized carbons (Fsp3) is 0.909. The fourth-order valence-electron chi connectivity index (χ4n) is 2.43. The van der Waals surface area contributed by atoms with Gasteiger partial charge in [-0.15, -0.1) is 0 Å². The van der Waals surface area contributed by atoms with E-state index in [1.807, 2.05) is 0 Å². The largest absolute Gasteiger partial charge is 0.303 e. The van der Waals surface area contributed by atoms with E-state index in [-0.39, 0.29) is 0 Å². The lowest BCUT2D eigenvalue weighted by Crippen LogP contribution is -2.35. The summed E-state index contributed by atoms with van der Waals surface area (Å²) in [6.07, 6.45) is 2.25. The van der Waals surface area contributed by atoms with Gasteiger partial charge in [-0.3, -0.25) is 0 Å². The first-order valence-corrected chi connectivity index (χ1v) is 5.03. The lowest BCUT2D eigenvalue weighted by atomic mass is 9.65. The topological polar surface area (TPSA) is 17.1 Å². The van der Waals surface area contributed by atoms with Crippen LogP contribution in [0.1, 0.15) is 34.1 Å². The van der Waals surface area contributed by atoms with E-state index < -0.39 is 0 Å². The molecule has 0 amide bonds. The van der Waals surface area contributed by atoms with Gasteiger partial charge in [-0.2, -0.15) is 0 Å². The van der Waals surface area contributed by atoms with Crippen molar-refractivity contribution in [2.24, 2.45) is 29.6 Å². The SMILES string of the molecule is CC1CC(C=O)C(C)C(C)C1C. The van der Waals surface area contributed by atoms with Crippen molar-refractivity contribution >= 4 is 6.29 Å². The molecule has 12 heavy (non-hydrogen) atoms. The van der Waals surface area contributed by atoms with E-state index in [0.717, 1.165) is 18.6 Å². The van der Waals surface area contributed by atoms with Gasteiger partial charge < -0.3 is 4.79 Å². The molecule has 1 nitrogen and oxygen atoms in total. The molecular formula is C11H20O. The van der Waals surface area contributed by atoms with Crippen molar-refractivity contribution < 1.29 is 4.79 Å². The molecule has 1 fully saturated rings. The lowest BCUT2D eigenvalue weighted by molar-refractivity contribution is -0.115. The second-order valence-corrected chi connectivity index (χ2v) is 4.59. The van der Waals surface area contributed by atoms with Crippen molar-refractivity contribution in [2.45, 2.75) is 34.1 Å². The van der Waals surface area contributed by atoms with Gasteiger partial charge in [-0.05, 0) is 30.1 Å². The predicted molar refractivity (Wildman–Crippen MR) is 50.8 cm³/mol. The minimum Gasteiger partial charge on any atom is -0.303 e. The smallest absolute Gasteiger partial charge is 0.123 e. The van der Waals surface area contributed by atoms with E-state index in [1.54, 1.807) is 0 Å². The molecule has 5 unspecified atom stereocenters. The molecule has 0 N–H and O–H groups in total. The molecule has 0 bridgehead atoms. The predicted octanol–water partition coefficient (Wildman–Crippen LogP) is 2.75. The molecule has 0 spiro atoms. The summed E-state index contributed by atoms with van der Waals surface area (Å²) in [5.41, 5.74) is 0. The molecule has 0 aromatic heterocycles. The molecule has 0 heterocycles. The highest BCUT2D eigenvalue weighted by Crippen LogP contribution is 2.40. The van der Waals surface area contributed by atoms with Crippen molar-refractivity contribution in [3.8, 4) is 0 Å². The van der Waals surface area contributed by atoms with Crippen LogP contribution in [-0.2, 0) is 4.79 Å². The maximum absolute atomic E-state index is 10.8. The van der Waals surface area contributed by atoms with Crippen LogP contribution in [0.15, 0.2) is 0 Å². The van der Waals surface area contributed by atoms with Gasteiger partial charge in [-0.1, -0.05) is 27.7 Å². The molecule has 0 saturated heterocycles. The Kier molecular flexibility index (Phi) is 2.92. The zero-order valence-corrected chi connectivity index (χ0v) is 8.58. The first-order valence-electron chi connectivity index (χ1n) is 5.03. The van der Waals surface area contributed by atoms with Gasteiger partial charge in [0.05, 0.1) is 0 Å². The van der Waals surface area contributed by atoms with Crippen molar-refractivity contribution in [3.05, 3.63) is 0 Å². The van der Waals surface area contributed by atoms with E-state index in [0.29, 0.717) is 23.7 Å². The number of aldehydes is 1. The zero-order valence-electron chi connectivity index (χ0n) is 8.58. The van der Waals surface area contributed by atoms with Gasteiger partial charge in [0.1, 0.15) is 6.29 Å². The molecule has 0 radical (unpaired) electrons. The third kappa shape index (κ3) is 1.55. The van der Waals surface area contributed by atoms with Crippen LogP contribution in [0.25, 0.3) is 0 Å². The van der Waals surface area contributed by atoms with E-state index in [2.05, 4.69) is 27.7 Å². The molecule has 70 valence electrons. The van der Waals surface area contributed by atoms with E-state index in [1.165, 1.54) is 0 Å². The molecule has 1 saturated carbocycles. The standard InChI is InChI=1S/C11H20O/c1-7-5-11(6-12)10(4)9(3)8(7)2/h6-11H,5H2,1-4H3. The summed E-state index contributed by atoms with van der Waals surface area (Å²) in [7, 11) is 0. The van der Waals surface area contributed by atoms with Gasteiger partial charge in [0.25, 0.3) is 0 Å². The average Bonchev–Trinajstić information content (AvgIpc) is 2.08. The molecule has 0 aromatic rings. The van der Waals surface area contributed by atoms with E-state index in [4.69, 9.17) is 0 Å². The summed E-state index contributed by atoms with van der Waals surface area (Å²) in [5, 5.41) is 0. The molecule has 5 atom stereocenters. The van der Waals surface area contributed by atoms with Crippen molar-refractivity contribution in [1.29, 1.82) is 0 Å². The quantitative estimate of drug-likeness (QED) is 0.550. The highest BCUT2D eigenvalue weighted by atomic mass is 16.1. The minimum absolute atomic E-state index is 0.311. The summed E-state index contributed by atoms with van der Waals surface area (Å²) in [6, 6.07) is 0. The highest BCUT2D eigenvalue weighted by Gasteiger charge is 2.35. The van der Waals surface area contributed by atoms with Crippen LogP contribution in [0.2, 0.25) is 0 Å². The second-order valence-electron chi connectivity index (χ2n) is 4.59. The Bertz CT molecular complexity index is 164. The summed E-state index contributed by atoms with van der Waals surface area (Å²) in [4.78, 5) is 10.8. The molecule has 0 aromatic carbocycles. The Morgan fingerprint density at radius 2 is 1.58 bits per heavy atom. The zero-order chi connectivity index (χ0) is 9.30. The minimum atomic E-state index is 0.311. The van der Waals surface area contributed by atoms with Gasteiger partial charge in [-0.25, -0.2) is 0 Å². The van der Waals surface area contributed by atoms with Gasteiger partial charge >= 0.3 is 0 Å². The first-order chi connectivity index (χ1) is 5.57. The lowest BCUT2D eigenvalue weighted by Gasteiger charge is -2.40. The van der Waals surface area contributed by atoms with Gasteiger partial charge in [0, 0.05) is 5.92 Å². The van der Waals surface area contributed by atoms with Crippen molar-refractivity contribution in [1.82, 2.24) is 0 Å². The van der Waals surface area contributed by atoms with Gasteiger partial charge in [0.15, 0.2) is 0 Å². The number of hydrogen-bond donors (Lipinski definition) is 0. The first kappa shape index (κ1) is 9.76. The Hall–Kier alpha value is -0.330. The molecular weight excluding hydrogens is 148 g/mol. The number of carbonyl (C=O) groups is 1. The van der Waals surface area contributed by atoms with Crippen molar-refractivity contribution in [3.63, 3.8) is 0 Å². The van der Waals surface area contributed by atoms with E-state index >= 15 is 0 Å². The van der Waals surface area contributed by atoms with E-state index in [9.17, 15) is 4.79 Å². The molecule has 0 aliphatic heterocycles. The van der Waals surface area contributed by atoms with Crippen LogP contribution in [0.3, 0.4) is 0 Å². The monoisotopic (exact) mass is 168 g/mol. The molecule has 1 aliphatic rings. The van der Waals surface area contributed by atoms with Crippen LogP contribution in [0.5, 0.6) is 0 Å². The van der Waals surface area contributed by atoms with Crippen LogP contribution < -0.4 is 0 Å². The maximum atomic E-state index is 10.8. The Morgan fingerprint density at radius 1 is 1.00 bits per heavy atom. The molecule has 1 heteroatoms. The summed E-state index contributed by atoms with van der Waals surface area (Å²) < 4.78 is 0. The summed E-state index contributed by atoms with van der Waals surface area (Å²) in [5.74, 6) is 3.08. The van der Waals surface area contributed by atoms with Crippen LogP contribution in [-0.4, -0.2) is 6.29 Å². The molecule has 1 aliphatic carbocycles. The van der Waals surface area contributed by atoms with Crippen LogP contribution in [0, 0.1) is 29.6 Å². The van der Waals surface area contributed by atoms with Crippen LogP contribution >= 0.6 is 0 Å². The Labute approximate surface area is 75.5 Å².